The number of ether oxygens (including phenoxy) is 1. The van der Waals surface area contributed by atoms with Crippen molar-refractivity contribution in [2.45, 2.75) is 38.3 Å². The Hall–Kier alpha value is -2.01. The van der Waals surface area contributed by atoms with E-state index in [0.29, 0.717) is 17.9 Å². The molecule has 5 heteroatoms. The third-order valence-corrected chi connectivity index (χ3v) is 3.98. The molecule has 2 aromatic rings. The molecular formula is C16H21N3O2. The standard InChI is InChI=1S/C16H21N3O2/c1-16(2)8-11(5-6-21-16)19-15(20)13-9-18-14-7-10(17)3-4-12(13)14/h3-4,7,9,11,18H,5-6,8,17H2,1-2H3,(H,19,20). The van der Waals surface area contributed by atoms with Crippen molar-refractivity contribution in [3.05, 3.63) is 30.0 Å². The van der Waals surface area contributed by atoms with Gasteiger partial charge in [-0.1, -0.05) is 0 Å². The van der Waals surface area contributed by atoms with Crippen molar-refractivity contribution in [2.24, 2.45) is 0 Å². The first-order valence-corrected chi connectivity index (χ1v) is 7.26. The number of rotatable bonds is 2. The molecule has 1 saturated heterocycles. The molecule has 0 aliphatic carbocycles. The lowest BCUT2D eigenvalue weighted by Gasteiger charge is -2.35. The number of anilines is 1. The lowest BCUT2D eigenvalue weighted by Crippen LogP contribution is -2.45. The molecule has 0 saturated carbocycles. The van der Waals surface area contributed by atoms with E-state index < -0.39 is 0 Å². The number of hydrogen-bond acceptors (Lipinski definition) is 3. The molecule has 1 amide bonds. The highest BCUT2D eigenvalue weighted by atomic mass is 16.5. The van der Waals surface area contributed by atoms with E-state index in [2.05, 4.69) is 24.1 Å². The van der Waals surface area contributed by atoms with Gasteiger partial charge in [0.1, 0.15) is 0 Å². The van der Waals surface area contributed by atoms with Crippen LogP contribution in [0.5, 0.6) is 0 Å². The average Bonchev–Trinajstić information content (AvgIpc) is 2.80. The molecule has 21 heavy (non-hydrogen) atoms. The van der Waals surface area contributed by atoms with Gasteiger partial charge in [0.05, 0.1) is 11.2 Å². The summed E-state index contributed by atoms with van der Waals surface area (Å²) in [6.07, 6.45) is 3.42. The van der Waals surface area contributed by atoms with Gasteiger partial charge in [-0.15, -0.1) is 0 Å². The van der Waals surface area contributed by atoms with Crippen LogP contribution < -0.4 is 11.1 Å². The summed E-state index contributed by atoms with van der Waals surface area (Å²) < 4.78 is 5.68. The number of benzene rings is 1. The summed E-state index contributed by atoms with van der Waals surface area (Å²) in [6, 6.07) is 5.68. The summed E-state index contributed by atoms with van der Waals surface area (Å²) in [6.45, 7) is 4.79. The minimum Gasteiger partial charge on any atom is -0.399 e. The van der Waals surface area contributed by atoms with Crippen molar-refractivity contribution in [3.8, 4) is 0 Å². The van der Waals surface area contributed by atoms with Crippen LogP contribution >= 0.6 is 0 Å². The molecule has 0 bridgehead atoms. The van der Waals surface area contributed by atoms with E-state index in [1.165, 1.54) is 0 Å². The van der Waals surface area contributed by atoms with Crippen LogP contribution in [0, 0.1) is 0 Å². The van der Waals surface area contributed by atoms with Crippen LogP contribution in [-0.4, -0.2) is 29.1 Å². The van der Waals surface area contributed by atoms with Crippen molar-refractivity contribution in [3.63, 3.8) is 0 Å². The van der Waals surface area contributed by atoms with Crippen molar-refractivity contribution in [1.29, 1.82) is 0 Å². The molecule has 1 aliphatic heterocycles. The summed E-state index contributed by atoms with van der Waals surface area (Å²) >= 11 is 0. The fraction of sp³-hybridized carbons (Fsp3) is 0.438. The Labute approximate surface area is 123 Å². The predicted octanol–water partition coefficient (Wildman–Crippen LogP) is 2.44. The van der Waals surface area contributed by atoms with E-state index in [1.54, 1.807) is 6.20 Å². The van der Waals surface area contributed by atoms with Crippen molar-refractivity contribution < 1.29 is 9.53 Å². The molecule has 1 aromatic carbocycles. The summed E-state index contributed by atoms with van der Waals surface area (Å²) in [4.78, 5) is 15.6. The minimum atomic E-state index is -0.176. The number of carbonyl (C=O) groups is 1. The van der Waals surface area contributed by atoms with Gasteiger partial charge in [0.2, 0.25) is 0 Å². The molecule has 3 rings (SSSR count). The molecule has 1 atom stereocenters. The van der Waals surface area contributed by atoms with Gasteiger partial charge >= 0.3 is 0 Å². The maximum atomic E-state index is 12.5. The largest absolute Gasteiger partial charge is 0.399 e. The van der Waals surface area contributed by atoms with Gasteiger partial charge in [-0.2, -0.15) is 0 Å². The van der Waals surface area contributed by atoms with Crippen LogP contribution in [0.15, 0.2) is 24.4 Å². The smallest absolute Gasteiger partial charge is 0.253 e. The molecule has 1 aliphatic rings. The van der Waals surface area contributed by atoms with E-state index in [1.807, 2.05) is 18.2 Å². The van der Waals surface area contributed by atoms with Crippen molar-refractivity contribution in [1.82, 2.24) is 10.3 Å². The van der Waals surface area contributed by atoms with Crippen LogP contribution in [0.1, 0.15) is 37.0 Å². The zero-order chi connectivity index (χ0) is 15.0. The lowest BCUT2D eigenvalue weighted by atomic mass is 9.94. The molecule has 0 spiro atoms. The van der Waals surface area contributed by atoms with Crippen molar-refractivity contribution >= 4 is 22.5 Å². The third kappa shape index (κ3) is 2.88. The van der Waals surface area contributed by atoms with E-state index in [9.17, 15) is 4.79 Å². The van der Waals surface area contributed by atoms with Gasteiger partial charge < -0.3 is 20.8 Å². The Morgan fingerprint density at radius 3 is 3.05 bits per heavy atom. The Kier molecular flexibility index (Phi) is 3.37. The SMILES string of the molecule is CC1(C)CC(NC(=O)c2c[nH]c3cc(N)ccc23)CCO1. The Bertz CT molecular complexity index is 675. The molecule has 1 unspecified atom stereocenters. The molecule has 1 fully saturated rings. The second-order valence-electron chi connectivity index (χ2n) is 6.28. The molecule has 112 valence electrons. The number of H-pyrrole nitrogens is 1. The molecular weight excluding hydrogens is 266 g/mol. The topological polar surface area (TPSA) is 80.1 Å². The van der Waals surface area contributed by atoms with Crippen LogP contribution in [-0.2, 0) is 4.74 Å². The van der Waals surface area contributed by atoms with Crippen LogP contribution in [0.3, 0.4) is 0 Å². The van der Waals surface area contributed by atoms with Gasteiger partial charge in [0, 0.05) is 35.4 Å². The molecule has 2 heterocycles. The third-order valence-electron chi connectivity index (χ3n) is 3.98. The fourth-order valence-corrected chi connectivity index (χ4v) is 2.95. The minimum absolute atomic E-state index is 0.0475. The van der Waals surface area contributed by atoms with Gasteiger partial charge in [-0.05, 0) is 44.9 Å². The first-order valence-electron chi connectivity index (χ1n) is 7.26. The zero-order valence-electron chi connectivity index (χ0n) is 12.4. The highest BCUT2D eigenvalue weighted by Gasteiger charge is 2.30. The maximum Gasteiger partial charge on any atom is 0.253 e. The van der Waals surface area contributed by atoms with Crippen LogP contribution in [0.2, 0.25) is 0 Å². The Balaban J connectivity index is 1.78. The highest BCUT2D eigenvalue weighted by Crippen LogP contribution is 2.25. The van der Waals surface area contributed by atoms with Gasteiger partial charge in [0.15, 0.2) is 0 Å². The van der Waals surface area contributed by atoms with Gasteiger partial charge in [0.25, 0.3) is 5.91 Å². The van der Waals surface area contributed by atoms with Gasteiger partial charge in [-0.3, -0.25) is 4.79 Å². The van der Waals surface area contributed by atoms with Gasteiger partial charge in [-0.25, -0.2) is 0 Å². The summed E-state index contributed by atoms with van der Waals surface area (Å²) in [5.74, 6) is -0.0475. The second kappa shape index (κ2) is 5.07. The van der Waals surface area contributed by atoms with Crippen molar-refractivity contribution in [2.75, 3.05) is 12.3 Å². The molecule has 1 aromatic heterocycles. The quantitative estimate of drug-likeness (QED) is 0.742. The van der Waals surface area contributed by atoms with E-state index in [0.717, 1.165) is 23.7 Å². The number of aromatic nitrogens is 1. The zero-order valence-corrected chi connectivity index (χ0v) is 12.4. The number of amides is 1. The number of nitrogens with one attached hydrogen (secondary N) is 2. The molecule has 4 N–H and O–H groups in total. The first kappa shape index (κ1) is 13.9. The monoisotopic (exact) mass is 287 g/mol. The predicted molar refractivity (Wildman–Crippen MR) is 83.2 cm³/mol. The second-order valence-corrected chi connectivity index (χ2v) is 6.28. The van der Waals surface area contributed by atoms with Crippen LogP contribution in [0.4, 0.5) is 5.69 Å². The fourth-order valence-electron chi connectivity index (χ4n) is 2.95. The molecule has 0 radical (unpaired) electrons. The lowest BCUT2D eigenvalue weighted by molar-refractivity contribution is -0.0615. The van der Waals surface area contributed by atoms with Crippen LogP contribution in [0.25, 0.3) is 10.9 Å². The van der Waals surface area contributed by atoms with E-state index in [-0.39, 0.29) is 17.6 Å². The summed E-state index contributed by atoms with van der Waals surface area (Å²) in [5.41, 5.74) is 7.80. The number of fused-ring (bicyclic) bond motifs is 1. The average molecular weight is 287 g/mol. The molecule has 5 nitrogen and oxygen atoms in total. The van der Waals surface area contributed by atoms with E-state index in [4.69, 9.17) is 10.5 Å². The number of nitrogens with two attached hydrogens (primary N) is 1. The highest BCUT2D eigenvalue weighted by molar-refractivity contribution is 6.07. The number of hydrogen-bond donors (Lipinski definition) is 3. The summed E-state index contributed by atoms with van der Waals surface area (Å²) in [7, 11) is 0. The normalized spacial score (nSPS) is 21.3. The number of carbonyl (C=O) groups excluding carboxylic acids is 1. The summed E-state index contributed by atoms with van der Waals surface area (Å²) in [5, 5.41) is 4.01. The van der Waals surface area contributed by atoms with E-state index >= 15 is 0 Å². The Morgan fingerprint density at radius 1 is 1.48 bits per heavy atom. The number of aromatic amines is 1. The Morgan fingerprint density at radius 2 is 2.29 bits per heavy atom. The maximum absolute atomic E-state index is 12.5. The first-order chi connectivity index (χ1) is 9.94. The number of nitrogen functional groups attached to an aromatic ring is 1.